The van der Waals surface area contributed by atoms with E-state index in [0.29, 0.717) is 23.2 Å². The van der Waals surface area contributed by atoms with E-state index in [2.05, 4.69) is 20.2 Å². The summed E-state index contributed by atoms with van der Waals surface area (Å²) in [7, 11) is 1.58. The van der Waals surface area contributed by atoms with Crippen molar-refractivity contribution >= 4 is 0 Å². The molecule has 0 N–H and O–H groups in total. The fourth-order valence-corrected chi connectivity index (χ4v) is 4.19. The molecule has 1 aliphatic carbocycles. The van der Waals surface area contributed by atoms with Crippen molar-refractivity contribution in [2.75, 3.05) is 7.11 Å². The van der Waals surface area contributed by atoms with Gasteiger partial charge in [-0.05, 0) is 80.0 Å². The Kier molecular flexibility index (Phi) is 5.36. The minimum absolute atomic E-state index is 0.228. The van der Waals surface area contributed by atoms with Gasteiger partial charge in [-0.3, -0.25) is 0 Å². The predicted octanol–water partition coefficient (Wildman–Crippen LogP) is 4.97. The first-order chi connectivity index (χ1) is 15.9. The van der Waals surface area contributed by atoms with Gasteiger partial charge in [-0.25, -0.2) is 18.7 Å². The van der Waals surface area contributed by atoms with Gasteiger partial charge < -0.3 is 9.30 Å². The number of pyridine rings is 1. The maximum Gasteiger partial charge on any atom is 0.238 e. The van der Waals surface area contributed by atoms with Crippen LogP contribution in [0, 0.1) is 31.4 Å². The molecule has 3 aromatic heterocycles. The lowest BCUT2D eigenvalue weighted by molar-refractivity contribution is 0.396. The molecular formula is C25H23F2N5O. The number of rotatable bonds is 6. The standard InChI is InChI=1S/C25H23F2N5O/c1-14-8-23(21-6-7-24(25(29-21)33-3)32-12-15(2)28-13-32)31-30-22(14)11-17-9-18(17)16-4-5-19(26)20(27)10-16/h4-8,10,12-13,17-18H,9,11H2,1-3H3/t17-,18-/m0/s1. The molecule has 0 radical (unpaired) electrons. The van der Waals surface area contributed by atoms with Crippen molar-refractivity contribution in [2.24, 2.45) is 5.92 Å². The Balaban J connectivity index is 1.33. The van der Waals surface area contributed by atoms with Gasteiger partial charge in [-0.1, -0.05) is 6.07 Å². The molecule has 4 aromatic rings. The summed E-state index contributed by atoms with van der Waals surface area (Å²) in [6.45, 7) is 3.93. The van der Waals surface area contributed by atoms with Crippen LogP contribution < -0.4 is 4.74 Å². The number of methoxy groups -OCH3 is 1. The quantitative estimate of drug-likeness (QED) is 0.417. The number of aryl methyl sites for hydroxylation is 2. The lowest BCUT2D eigenvalue weighted by Gasteiger charge is -2.11. The summed E-state index contributed by atoms with van der Waals surface area (Å²) in [5.41, 5.74) is 5.79. The van der Waals surface area contributed by atoms with Crippen molar-refractivity contribution in [2.45, 2.75) is 32.6 Å². The van der Waals surface area contributed by atoms with Gasteiger partial charge >= 0.3 is 0 Å². The van der Waals surface area contributed by atoms with Crippen molar-refractivity contribution < 1.29 is 13.5 Å². The second kappa shape index (κ2) is 8.35. The molecule has 1 saturated carbocycles. The maximum absolute atomic E-state index is 13.6. The molecule has 0 saturated heterocycles. The van der Waals surface area contributed by atoms with Crippen molar-refractivity contribution in [1.29, 1.82) is 0 Å². The molecule has 33 heavy (non-hydrogen) atoms. The van der Waals surface area contributed by atoms with Gasteiger partial charge in [0.05, 0.1) is 30.5 Å². The van der Waals surface area contributed by atoms with Crippen LogP contribution in [0.4, 0.5) is 8.78 Å². The number of ether oxygens (including phenoxy) is 1. The van der Waals surface area contributed by atoms with E-state index in [1.165, 1.54) is 12.1 Å². The summed E-state index contributed by atoms with van der Waals surface area (Å²) in [6.07, 6.45) is 5.31. The number of hydrogen-bond donors (Lipinski definition) is 0. The molecule has 0 bridgehead atoms. The maximum atomic E-state index is 13.6. The van der Waals surface area contributed by atoms with E-state index in [1.807, 2.05) is 42.8 Å². The number of benzene rings is 1. The highest BCUT2D eigenvalue weighted by Crippen LogP contribution is 2.49. The van der Waals surface area contributed by atoms with Crippen LogP contribution >= 0.6 is 0 Å². The molecular weight excluding hydrogens is 424 g/mol. The Labute approximate surface area is 190 Å². The normalized spacial score (nSPS) is 17.2. The second-order valence-electron chi connectivity index (χ2n) is 8.49. The Morgan fingerprint density at radius 1 is 1.03 bits per heavy atom. The molecule has 168 valence electrons. The molecule has 1 aromatic carbocycles. The molecule has 5 rings (SSSR count). The summed E-state index contributed by atoms with van der Waals surface area (Å²) in [5.74, 6) is -0.556. The monoisotopic (exact) mass is 447 g/mol. The van der Waals surface area contributed by atoms with Crippen molar-refractivity contribution in [3.8, 4) is 23.0 Å². The third kappa shape index (κ3) is 4.20. The van der Waals surface area contributed by atoms with Gasteiger partial charge in [0, 0.05) is 6.20 Å². The van der Waals surface area contributed by atoms with Gasteiger partial charge in [-0.2, -0.15) is 5.10 Å². The first kappa shape index (κ1) is 21.2. The molecule has 1 aliphatic rings. The van der Waals surface area contributed by atoms with Crippen LogP contribution in [0.25, 0.3) is 17.1 Å². The third-order valence-electron chi connectivity index (χ3n) is 6.12. The average molecular weight is 447 g/mol. The van der Waals surface area contributed by atoms with Crippen LogP contribution in [0.15, 0.2) is 48.9 Å². The Morgan fingerprint density at radius 3 is 2.58 bits per heavy atom. The highest BCUT2D eigenvalue weighted by Gasteiger charge is 2.39. The van der Waals surface area contributed by atoms with Crippen LogP contribution in [0.2, 0.25) is 0 Å². The lowest BCUT2D eigenvalue weighted by Crippen LogP contribution is -2.03. The van der Waals surface area contributed by atoms with E-state index in [-0.39, 0.29) is 5.92 Å². The zero-order chi connectivity index (χ0) is 23.1. The molecule has 0 unspecified atom stereocenters. The first-order valence-corrected chi connectivity index (χ1v) is 10.8. The summed E-state index contributed by atoms with van der Waals surface area (Å²) in [5, 5.41) is 8.85. The Morgan fingerprint density at radius 2 is 1.88 bits per heavy atom. The molecule has 1 fully saturated rings. The van der Waals surface area contributed by atoms with E-state index in [9.17, 15) is 8.78 Å². The van der Waals surface area contributed by atoms with Gasteiger partial charge in [-0.15, -0.1) is 5.10 Å². The Hall–Kier alpha value is -3.68. The van der Waals surface area contributed by atoms with Crippen LogP contribution in [0.5, 0.6) is 5.88 Å². The minimum atomic E-state index is -0.813. The van der Waals surface area contributed by atoms with Gasteiger partial charge in [0.1, 0.15) is 11.4 Å². The zero-order valence-corrected chi connectivity index (χ0v) is 18.6. The van der Waals surface area contributed by atoms with Crippen LogP contribution in [0.3, 0.4) is 0 Å². The minimum Gasteiger partial charge on any atom is -0.479 e. The van der Waals surface area contributed by atoms with Crippen LogP contribution in [0.1, 0.15) is 34.9 Å². The first-order valence-electron chi connectivity index (χ1n) is 10.8. The third-order valence-corrected chi connectivity index (χ3v) is 6.12. The molecule has 6 nitrogen and oxygen atoms in total. The fraction of sp³-hybridized carbons (Fsp3) is 0.280. The Bertz CT molecular complexity index is 1340. The highest BCUT2D eigenvalue weighted by molar-refractivity contribution is 5.59. The van der Waals surface area contributed by atoms with Crippen molar-refractivity contribution in [3.63, 3.8) is 0 Å². The second-order valence-corrected chi connectivity index (χ2v) is 8.49. The van der Waals surface area contributed by atoms with Gasteiger partial charge in [0.25, 0.3) is 0 Å². The lowest BCUT2D eigenvalue weighted by atomic mass is 10.0. The molecule has 3 heterocycles. The number of hydrogen-bond acceptors (Lipinski definition) is 5. The van der Waals surface area contributed by atoms with E-state index >= 15 is 0 Å². The van der Waals surface area contributed by atoms with Crippen LogP contribution in [-0.4, -0.2) is 31.8 Å². The molecule has 8 heteroatoms. The molecule has 2 atom stereocenters. The topological polar surface area (TPSA) is 65.7 Å². The number of imidazole rings is 1. The van der Waals surface area contributed by atoms with Crippen molar-refractivity contribution in [1.82, 2.24) is 24.7 Å². The predicted molar refractivity (Wildman–Crippen MR) is 119 cm³/mol. The summed E-state index contributed by atoms with van der Waals surface area (Å²) >= 11 is 0. The van der Waals surface area contributed by atoms with E-state index in [4.69, 9.17) is 4.74 Å². The summed E-state index contributed by atoms with van der Waals surface area (Å²) in [4.78, 5) is 8.87. The van der Waals surface area contributed by atoms with E-state index < -0.39 is 11.6 Å². The zero-order valence-electron chi connectivity index (χ0n) is 18.6. The molecule has 0 amide bonds. The molecule has 0 aliphatic heterocycles. The van der Waals surface area contributed by atoms with Crippen LogP contribution in [-0.2, 0) is 6.42 Å². The number of halogens is 2. The van der Waals surface area contributed by atoms with Gasteiger partial charge in [0.15, 0.2) is 11.6 Å². The fourth-order valence-electron chi connectivity index (χ4n) is 4.19. The van der Waals surface area contributed by atoms with Crippen molar-refractivity contribution in [3.05, 3.63) is 83.1 Å². The largest absolute Gasteiger partial charge is 0.479 e. The smallest absolute Gasteiger partial charge is 0.238 e. The van der Waals surface area contributed by atoms with E-state index in [1.54, 1.807) is 19.5 Å². The number of nitrogens with zero attached hydrogens (tertiary/aromatic N) is 5. The number of aromatic nitrogens is 5. The average Bonchev–Trinajstić information content (AvgIpc) is 3.45. The summed E-state index contributed by atoms with van der Waals surface area (Å²) in [6, 6.07) is 9.94. The summed E-state index contributed by atoms with van der Waals surface area (Å²) < 4.78 is 34.1. The molecule has 0 spiro atoms. The SMILES string of the molecule is COc1nc(-c2cc(C)c(C[C@@H]3C[C@H]3c3ccc(F)c(F)c3)nn2)ccc1-n1cnc(C)c1. The highest BCUT2D eigenvalue weighted by atomic mass is 19.2. The van der Waals surface area contributed by atoms with Gasteiger partial charge in [0.2, 0.25) is 5.88 Å². The van der Waals surface area contributed by atoms with E-state index in [0.717, 1.165) is 41.0 Å².